The zero-order chi connectivity index (χ0) is 15.3. The van der Waals surface area contributed by atoms with Gasteiger partial charge >= 0.3 is 5.97 Å². The number of esters is 1. The number of ether oxygens (including phenoxy) is 2. The average Bonchev–Trinajstić information content (AvgIpc) is 2.46. The number of benzene rings is 2. The Morgan fingerprint density at radius 3 is 2.14 bits per heavy atom. The summed E-state index contributed by atoms with van der Waals surface area (Å²) in [6.45, 7) is -0.274. The van der Waals surface area contributed by atoms with Gasteiger partial charge in [-0.15, -0.1) is 0 Å². The summed E-state index contributed by atoms with van der Waals surface area (Å²) in [7, 11) is -4.26. The molecule has 0 spiro atoms. The van der Waals surface area contributed by atoms with Crippen LogP contribution >= 0.6 is 0 Å². The average molecular weight is 308 g/mol. The molecule has 0 radical (unpaired) electrons. The molecular formula is C14H12O6S. The Bertz CT molecular complexity index is 707. The van der Waals surface area contributed by atoms with E-state index in [-0.39, 0.29) is 17.3 Å². The number of carbonyl (C=O) groups is 1. The smallest absolute Gasteiger partial charge is 0.349 e. The lowest BCUT2D eigenvalue weighted by Gasteiger charge is -2.06. The van der Waals surface area contributed by atoms with Gasteiger partial charge in [-0.1, -0.05) is 18.2 Å². The fourth-order valence-electron chi connectivity index (χ4n) is 1.50. The van der Waals surface area contributed by atoms with E-state index in [1.165, 1.54) is 12.1 Å². The van der Waals surface area contributed by atoms with Crippen molar-refractivity contribution in [3.8, 4) is 11.5 Å². The molecule has 110 valence electrons. The van der Waals surface area contributed by atoms with Gasteiger partial charge in [-0.05, 0) is 36.4 Å². The quantitative estimate of drug-likeness (QED) is 0.515. The van der Waals surface area contributed by atoms with E-state index in [0.29, 0.717) is 5.75 Å². The van der Waals surface area contributed by atoms with E-state index in [9.17, 15) is 13.2 Å². The van der Waals surface area contributed by atoms with Gasteiger partial charge in [-0.25, -0.2) is 4.79 Å². The van der Waals surface area contributed by atoms with E-state index in [0.717, 1.165) is 12.1 Å². The summed E-state index contributed by atoms with van der Waals surface area (Å²) < 4.78 is 40.7. The van der Waals surface area contributed by atoms with Gasteiger partial charge in [0, 0.05) is 0 Å². The molecular weight excluding hydrogens is 296 g/mol. The third kappa shape index (κ3) is 4.59. The third-order valence-corrected chi connectivity index (χ3v) is 3.32. The highest BCUT2D eigenvalue weighted by molar-refractivity contribution is 7.85. The van der Waals surface area contributed by atoms with Crippen molar-refractivity contribution in [1.29, 1.82) is 0 Å². The van der Waals surface area contributed by atoms with Crippen LogP contribution in [0.5, 0.6) is 11.5 Å². The molecule has 0 atom stereocenters. The van der Waals surface area contributed by atoms with Crippen LogP contribution < -0.4 is 9.47 Å². The Balaban J connectivity index is 1.91. The van der Waals surface area contributed by atoms with Crippen LogP contribution in [-0.2, 0) is 14.9 Å². The molecule has 2 rings (SSSR count). The Morgan fingerprint density at radius 1 is 0.952 bits per heavy atom. The molecule has 21 heavy (non-hydrogen) atoms. The first-order chi connectivity index (χ1) is 9.95. The van der Waals surface area contributed by atoms with Crippen LogP contribution in [0.1, 0.15) is 0 Å². The predicted molar refractivity (Wildman–Crippen MR) is 73.8 cm³/mol. The molecule has 2 aromatic carbocycles. The van der Waals surface area contributed by atoms with Crippen molar-refractivity contribution in [3.63, 3.8) is 0 Å². The normalized spacial score (nSPS) is 10.9. The molecule has 0 bridgehead atoms. The SMILES string of the molecule is O=C(COc1ccccc1)Oc1ccc(S(=O)(=O)O)cc1. The zero-order valence-corrected chi connectivity index (χ0v) is 11.6. The second-order valence-electron chi connectivity index (χ2n) is 4.02. The van der Waals surface area contributed by atoms with Gasteiger partial charge in [-0.2, -0.15) is 8.42 Å². The van der Waals surface area contributed by atoms with E-state index in [2.05, 4.69) is 0 Å². The molecule has 0 aromatic heterocycles. The Kier molecular flexibility index (Phi) is 4.56. The van der Waals surface area contributed by atoms with Crippen LogP contribution in [0.2, 0.25) is 0 Å². The van der Waals surface area contributed by atoms with E-state index in [1.807, 2.05) is 6.07 Å². The highest BCUT2D eigenvalue weighted by Crippen LogP contribution is 2.16. The summed E-state index contributed by atoms with van der Waals surface area (Å²) in [6, 6.07) is 13.6. The fourth-order valence-corrected chi connectivity index (χ4v) is 1.98. The van der Waals surface area contributed by atoms with Crippen molar-refractivity contribution in [1.82, 2.24) is 0 Å². The first kappa shape index (κ1) is 15.0. The predicted octanol–water partition coefficient (Wildman–Crippen LogP) is 1.92. The summed E-state index contributed by atoms with van der Waals surface area (Å²) in [6.07, 6.45) is 0. The highest BCUT2D eigenvalue weighted by atomic mass is 32.2. The summed E-state index contributed by atoms with van der Waals surface area (Å²) in [5.74, 6) is 0.0682. The lowest BCUT2D eigenvalue weighted by molar-refractivity contribution is -0.136. The van der Waals surface area contributed by atoms with Gasteiger partial charge in [0.05, 0.1) is 4.90 Å². The minimum atomic E-state index is -4.26. The molecule has 0 aliphatic heterocycles. The van der Waals surface area contributed by atoms with E-state index in [1.54, 1.807) is 24.3 Å². The first-order valence-corrected chi connectivity index (χ1v) is 7.35. The highest BCUT2D eigenvalue weighted by Gasteiger charge is 2.10. The maximum absolute atomic E-state index is 11.6. The van der Waals surface area contributed by atoms with Gasteiger partial charge in [0.15, 0.2) is 6.61 Å². The van der Waals surface area contributed by atoms with Crippen LogP contribution in [0.4, 0.5) is 0 Å². The largest absolute Gasteiger partial charge is 0.482 e. The van der Waals surface area contributed by atoms with Crippen molar-refractivity contribution in [2.45, 2.75) is 4.90 Å². The second kappa shape index (κ2) is 6.38. The number of carbonyl (C=O) groups excluding carboxylic acids is 1. The maximum atomic E-state index is 11.6. The zero-order valence-electron chi connectivity index (χ0n) is 10.8. The summed E-state index contributed by atoms with van der Waals surface area (Å²) in [4.78, 5) is 11.3. The minimum Gasteiger partial charge on any atom is -0.482 e. The molecule has 6 nitrogen and oxygen atoms in total. The van der Waals surface area contributed by atoms with Crippen molar-refractivity contribution < 1.29 is 27.2 Å². The maximum Gasteiger partial charge on any atom is 0.349 e. The molecule has 0 fully saturated rings. The molecule has 0 saturated carbocycles. The Labute approximate surface area is 121 Å². The van der Waals surface area contributed by atoms with Crippen LogP contribution in [0.25, 0.3) is 0 Å². The molecule has 2 aromatic rings. The van der Waals surface area contributed by atoms with Crippen LogP contribution in [0, 0.1) is 0 Å². The number of para-hydroxylation sites is 1. The van der Waals surface area contributed by atoms with Crippen molar-refractivity contribution in [2.75, 3.05) is 6.61 Å². The topological polar surface area (TPSA) is 89.9 Å². The van der Waals surface area contributed by atoms with E-state index >= 15 is 0 Å². The Hall–Kier alpha value is -2.38. The van der Waals surface area contributed by atoms with Crippen molar-refractivity contribution in [2.24, 2.45) is 0 Å². The van der Waals surface area contributed by atoms with Gasteiger partial charge in [0.1, 0.15) is 11.5 Å². The molecule has 0 saturated heterocycles. The molecule has 0 aliphatic rings. The van der Waals surface area contributed by atoms with E-state index in [4.69, 9.17) is 14.0 Å². The van der Waals surface area contributed by atoms with Gasteiger partial charge in [0.25, 0.3) is 10.1 Å². The first-order valence-electron chi connectivity index (χ1n) is 5.91. The minimum absolute atomic E-state index is 0.157. The fraction of sp³-hybridized carbons (Fsp3) is 0.0714. The van der Waals surface area contributed by atoms with Crippen LogP contribution in [0.3, 0.4) is 0 Å². The molecule has 0 unspecified atom stereocenters. The summed E-state index contributed by atoms with van der Waals surface area (Å²) in [5, 5.41) is 0. The number of hydrogen-bond acceptors (Lipinski definition) is 5. The van der Waals surface area contributed by atoms with Crippen LogP contribution in [0.15, 0.2) is 59.5 Å². The second-order valence-corrected chi connectivity index (χ2v) is 5.44. The number of hydrogen-bond donors (Lipinski definition) is 1. The number of rotatable bonds is 5. The van der Waals surface area contributed by atoms with Crippen molar-refractivity contribution in [3.05, 3.63) is 54.6 Å². The van der Waals surface area contributed by atoms with E-state index < -0.39 is 16.1 Å². The van der Waals surface area contributed by atoms with Gasteiger partial charge in [0.2, 0.25) is 0 Å². The molecule has 0 amide bonds. The monoisotopic (exact) mass is 308 g/mol. The standard InChI is InChI=1S/C14H12O6S/c15-14(10-19-11-4-2-1-3-5-11)20-12-6-8-13(9-7-12)21(16,17)18/h1-9H,10H2,(H,16,17,18). The Morgan fingerprint density at radius 2 is 1.57 bits per heavy atom. The molecule has 0 aliphatic carbocycles. The lowest BCUT2D eigenvalue weighted by Crippen LogP contribution is -2.17. The summed E-state index contributed by atoms with van der Waals surface area (Å²) >= 11 is 0. The molecule has 0 heterocycles. The lowest BCUT2D eigenvalue weighted by atomic mass is 10.3. The van der Waals surface area contributed by atoms with Crippen LogP contribution in [-0.4, -0.2) is 25.5 Å². The van der Waals surface area contributed by atoms with Gasteiger partial charge < -0.3 is 9.47 Å². The third-order valence-electron chi connectivity index (χ3n) is 2.45. The van der Waals surface area contributed by atoms with Crippen molar-refractivity contribution >= 4 is 16.1 Å². The molecule has 7 heteroatoms. The van der Waals surface area contributed by atoms with Gasteiger partial charge in [-0.3, -0.25) is 4.55 Å². The molecule has 1 N–H and O–H groups in total. The summed E-state index contributed by atoms with van der Waals surface area (Å²) in [5.41, 5.74) is 0.